The first-order chi connectivity index (χ1) is 14.3. The number of carbonyl (C=O) groups excluding carboxylic acids is 1. The summed E-state index contributed by atoms with van der Waals surface area (Å²) in [6.07, 6.45) is 0. The average molecular weight is 437 g/mol. The third kappa shape index (κ3) is 2.79. The minimum Gasteiger partial charge on any atom is -0.450 e. The van der Waals surface area contributed by atoms with Crippen LogP contribution in [0.3, 0.4) is 0 Å². The van der Waals surface area contributed by atoms with E-state index in [0.29, 0.717) is 26.7 Å². The Balaban J connectivity index is 1.82. The summed E-state index contributed by atoms with van der Waals surface area (Å²) in [4.78, 5) is 34.2. The van der Waals surface area contributed by atoms with Crippen LogP contribution < -0.4 is 10.3 Å². The molecule has 30 heavy (non-hydrogen) atoms. The molecule has 1 unspecified atom stereocenters. The molecule has 7 heteroatoms. The van der Waals surface area contributed by atoms with Gasteiger partial charge in [-0.05, 0) is 50.6 Å². The molecule has 4 aromatic rings. The van der Waals surface area contributed by atoms with Crippen LogP contribution in [0.1, 0.15) is 43.9 Å². The number of halogens is 1. The van der Waals surface area contributed by atoms with E-state index in [2.05, 4.69) is 4.98 Å². The number of aryl methyl sites for hydroxylation is 3. The van der Waals surface area contributed by atoms with Gasteiger partial charge in [0.05, 0.1) is 22.7 Å². The molecular formula is C23H17ClN2O3S. The number of nitrogens with zero attached hydrogens (tertiary/aromatic N) is 2. The third-order valence-electron chi connectivity index (χ3n) is 5.43. The van der Waals surface area contributed by atoms with E-state index >= 15 is 0 Å². The molecule has 3 heterocycles. The summed E-state index contributed by atoms with van der Waals surface area (Å²) in [5, 5.41) is 1.59. The molecule has 0 radical (unpaired) electrons. The lowest BCUT2D eigenvalue weighted by atomic mass is 9.98. The van der Waals surface area contributed by atoms with Crippen molar-refractivity contribution in [3.8, 4) is 0 Å². The Morgan fingerprint density at radius 3 is 2.47 bits per heavy atom. The molecule has 1 aliphatic heterocycles. The zero-order chi connectivity index (χ0) is 21.2. The van der Waals surface area contributed by atoms with Crippen LogP contribution in [0.15, 0.2) is 51.7 Å². The summed E-state index contributed by atoms with van der Waals surface area (Å²) in [6, 6.07) is 11.9. The van der Waals surface area contributed by atoms with Gasteiger partial charge in [-0.2, -0.15) is 0 Å². The lowest BCUT2D eigenvalue weighted by Crippen LogP contribution is -2.29. The fraction of sp³-hybridized carbons (Fsp3) is 0.174. The monoisotopic (exact) mass is 436 g/mol. The van der Waals surface area contributed by atoms with E-state index in [4.69, 9.17) is 16.0 Å². The van der Waals surface area contributed by atoms with Crippen LogP contribution in [0, 0.1) is 20.8 Å². The Labute approximate surface area is 181 Å². The van der Waals surface area contributed by atoms with E-state index in [0.717, 1.165) is 21.7 Å². The molecule has 0 saturated heterocycles. The predicted octanol–water partition coefficient (Wildman–Crippen LogP) is 5.58. The van der Waals surface area contributed by atoms with Gasteiger partial charge in [0.2, 0.25) is 5.76 Å². The Bertz CT molecular complexity index is 1370. The summed E-state index contributed by atoms with van der Waals surface area (Å²) >= 11 is 7.50. The highest BCUT2D eigenvalue weighted by atomic mass is 35.5. The molecule has 0 fully saturated rings. The second kappa shape index (κ2) is 6.79. The fourth-order valence-electron chi connectivity index (χ4n) is 3.80. The Morgan fingerprint density at radius 2 is 1.80 bits per heavy atom. The number of amides is 1. The Kier molecular flexibility index (Phi) is 4.31. The van der Waals surface area contributed by atoms with Crippen molar-refractivity contribution in [1.82, 2.24) is 4.98 Å². The average Bonchev–Trinajstić information content (AvgIpc) is 3.20. The van der Waals surface area contributed by atoms with Gasteiger partial charge in [0.15, 0.2) is 10.6 Å². The summed E-state index contributed by atoms with van der Waals surface area (Å²) in [5.74, 6) is -0.292. The molecule has 0 aliphatic carbocycles. The molecule has 1 amide bonds. The highest BCUT2D eigenvalue weighted by Gasteiger charge is 2.45. The lowest BCUT2D eigenvalue weighted by molar-refractivity contribution is 0.0971. The molecule has 0 spiro atoms. The molecule has 150 valence electrons. The van der Waals surface area contributed by atoms with Crippen molar-refractivity contribution in [2.75, 3.05) is 4.90 Å². The maximum absolute atomic E-state index is 13.5. The van der Waals surface area contributed by atoms with Gasteiger partial charge >= 0.3 is 0 Å². The van der Waals surface area contributed by atoms with Crippen molar-refractivity contribution in [3.63, 3.8) is 0 Å². The molecule has 0 N–H and O–H groups in total. The first kappa shape index (κ1) is 19.0. The first-order valence-corrected chi connectivity index (χ1v) is 10.6. The number of carbonyl (C=O) groups is 1. The van der Waals surface area contributed by atoms with Crippen LogP contribution in [-0.4, -0.2) is 10.9 Å². The minimum atomic E-state index is -0.629. The van der Waals surface area contributed by atoms with Crippen molar-refractivity contribution in [2.45, 2.75) is 26.8 Å². The van der Waals surface area contributed by atoms with Gasteiger partial charge in [-0.15, -0.1) is 11.3 Å². The van der Waals surface area contributed by atoms with Crippen molar-refractivity contribution in [1.29, 1.82) is 0 Å². The number of thiazole rings is 1. The van der Waals surface area contributed by atoms with Crippen LogP contribution in [0.25, 0.3) is 11.0 Å². The van der Waals surface area contributed by atoms with Crippen molar-refractivity contribution < 1.29 is 9.21 Å². The third-order valence-corrected chi connectivity index (χ3v) is 6.76. The summed E-state index contributed by atoms with van der Waals surface area (Å²) in [5.41, 5.74) is 3.12. The summed E-state index contributed by atoms with van der Waals surface area (Å²) in [6.45, 7) is 5.78. The number of hydrogen-bond donors (Lipinski definition) is 0. The molecule has 1 aliphatic rings. The number of fused-ring (bicyclic) bond motifs is 2. The molecule has 1 atom stereocenters. The highest BCUT2D eigenvalue weighted by molar-refractivity contribution is 7.15. The number of benzene rings is 2. The van der Waals surface area contributed by atoms with Gasteiger partial charge in [-0.3, -0.25) is 14.5 Å². The van der Waals surface area contributed by atoms with E-state index in [1.807, 2.05) is 39.0 Å². The standard InChI is InChI=1S/C23H17ClN2O3S/c1-11-4-9-17-16(10-11)20(27)18-19(14-5-7-15(24)8-6-14)26(22(28)21(18)29-17)23-25-12(2)13(3)30-23/h4-10,19H,1-3H3. The van der Waals surface area contributed by atoms with E-state index in [1.165, 1.54) is 11.3 Å². The zero-order valence-electron chi connectivity index (χ0n) is 16.5. The van der Waals surface area contributed by atoms with Crippen molar-refractivity contribution in [3.05, 3.63) is 90.7 Å². The molecule has 0 bridgehead atoms. The zero-order valence-corrected chi connectivity index (χ0v) is 18.1. The Hall–Kier alpha value is -2.96. The van der Waals surface area contributed by atoms with Crippen LogP contribution in [0.5, 0.6) is 0 Å². The summed E-state index contributed by atoms with van der Waals surface area (Å²) in [7, 11) is 0. The topological polar surface area (TPSA) is 63.4 Å². The first-order valence-electron chi connectivity index (χ1n) is 9.45. The number of anilines is 1. The summed E-state index contributed by atoms with van der Waals surface area (Å²) < 4.78 is 5.98. The van der Waals surface area contributed by atoms with Crippen LogP contribution in [0.2, 0.25) is 5.02 Å². The van der Waals surface area contributed by atoms with Crippen molar-refractivity contribution in [2.24, 2.45) is 0 Å². The van der Waals surface area contributed by atoms with E-state index < -0.39 is 6.04 Å². The van der Waals surface area contributed by atoms with Gasteiger partial charge in [0.25, 0.3) is 5.91 Å². The normalized spacial score (nSPS) is 15.8. The van der Waals surface area contributed by atoms with Crippen LogP contribution >= 0.6 is 22.9 Å². The molecule has 2 aromatic heterocycles. The fourth-order valence-corrected chi connectivity index (χ4v) is 4.87. The number of aromatic nitrogens is 1. The smallest absolute Gasteiger partial charge is 0.297 e. The van der Waals surface area contributed by atoms with E-state index in [9.17, 15) is 9.59 Å². The predicted molar refractivity (Wildman–Crippen MR) is 119 cm³/mol. The maximum atomic E-state index is 13.5. The SMILES string of the molecule is Cc1ccc2oc3c(c(=O)c2c1)C(c1ccc(Cl)cc1)N(c1nc(C)c(C)s1)C3=O. The van der Waals surface area contributed by atoms with Crippen LogP contribution in [0.4, 0.5) is 5.13 Å². The molecule has 2 aromatic carbocycles. The van der Waals surface area contributed by atoms with Gasteiger partial charge in [-0.25, -0.2) is 4.98 Å². The quantitative estimate of drug-likeness (QED) is 0.411. The van der Waals surface area contributed by atoms with E-state index in [1.54, 1.807) is 29.2 Å². The van der Waals surface area contributed by atoms with Gasteiger partial charge < -0.3 is 4.42 Å². The molecule has 0 saturated carbocycles. The number of rotatable bonds is 2. The van der Waals surface area contributed by atoms with E-state index in [-0.39, 0.29) is 17.1 Å². The van der Waals surface area contributed by atoms with Gasteiger partial charge in [0, 0.05) is 9.90 Å². The maximum Gasteiger partial charge on any atom is 0.297 e. The Morgan fingerprint density at radius 1 is 1.07 bits per heavy atom. The minimum absolute atomic E-state index is 0.0711. The second-order valence-electron chi connectivity index (χ2n) is 7.44. The lowest BCUT2D eigenvalue weighted by Gasteiger charge is -2.22. The molecule has 5 nitrogen and oxygen atoms in total. The largest absolute Gasteiger partial charge is 0.450 e. The van der Waals surface area contributed by atoms with Gasteiger partial charge in [0.1, 0.15) is 5.58 Å². The second-order valence-corrected chi connectivity index (χ2v) is 9.06. The van der Waals surface area contributed by atoms with Gasteiger partial charge in [-0.1, -0.05) is 35.4 Å². The van der Waals surface area contributed by atoms with Crippen LogP contribution in [-0.2, 0) is 0 Å². The number of hydrogen-bond acceptors (Lipinski definition) is 5. The highest BCUT2D eigenvalue weighted by Crippen LogP contribution is 2.43. The molecule has 5 rings (SSSR count). The van der Waals surface area contributed by atoms with Crippen molar-refractivity contribution >= 4 is 44.9 Å². The molecular weight excluding hydrogens is 420 g/mol.